The number of unbranched alkanes of at least 4 members (excludes halogenated alkanes) is 1. The van der Waals surface area contributed by atoms with Gasteiger partial charge in [-0.1, -0.05) is 30.3 Å². The minimum atomic E-state index is -0.486. The summed E-state index contributed by atoms with van der Waals surface area (Å²) < 4.78 is 5.07. The number of nitrogens with two attached hydrogens (primary N) is 1. The maximum Gasteiger partial charge on any atom is 0.407 e. The molecule has 6 nitrogen and oxygen atoms in total. The molecule has 0 bridgehead atoms. The molecule has 0 aromatic heterocycles. The number of hydrogen-bond acceptors (Lipinski definition) is 4. The van der Waals surface area contributed by atoms with Crippen LogP contribution < -0.4 is 16.4 Å². The average Bonchev–Trinajstić information content (AvgIpc) is 2.52. The van der Waals surface area contributed by atoms with E-state index < -0.39 is 12.1 Å². The van der Waals surface area contributed by atoms with Crippen LogP contribution in [0.1, 0.15) is 24.8 Å². The number of ether oxygens (including phenoxy) is 1. The molecule has 0 saturated carbocycles. The molecule has 1 aromatic carbocycles. The van der Waals surface area contributed by atoms with E-state index in [2.05, 4.69) is 10.6 Å². The smallest absolute Gasteiger partial charge is 0.407 e. The highest BCUT2D eigenvalue weighted by Crippen LogP contribution is 2.01. The molecule has 0 radical (unpaired) electrons. The lowest BCUT2D eigenvalue weighted by molar-refractivity contribution is -0.122. The van der Waals surface area contributed by atoms with E-state index in [1.165, 1.54) is 0 Å². The van der Waals surface area contributed by atoms with E-state index in [-0.39, 0.29) is 12.5 Å². The van der Waals surface area contributed by atoms with E-state index >= 15 is 0 Å². The highest BCUT2D eigenvalue weighted by atomic mass is 16.5. The zero-order valence-corrected chi connectivity index (χ0v) is 12.3. The first-order chi connectivity index (χ1) is 10.1. The van der Waals surface area contributed by atoms with Crippen LogP contribution in [0.15, 0.2) is 30.3 Å². The summed E-state index contributed by atoms with van der Waals surface area (Å²) in [5.41, 5.74) is 6.61. The van der Waals surface area contributed by atoms with E-state index in [0.717, 1.165) is 18.4 Å². The lowest BCUT2D eigenvalue weighted by atomic mass is 10.1. The summed E-state index contributed by atoms with van der Waals surface area (Å²) in [6, 6.07) is 9.01. The summed E-state index contributed by atoms with van der Waals surface area (Å²) >= 11 is 0. The molecule has 1 rings (SSSR count). The molecule has 4 N–H and O–H groups in total. The standard InChI is InChI=1S/C15H23N3O3/c1-17-14(19)13(16)9-5-6-10-18-15(20)21-11-12-7-3-2-4-8-12/h2-4,7-8,13H,5-6,9-11,16H2,1H3,(H,17,19)(H,18,20)/t13-/m0/s1. The number of carbonyl (C=O) groups is 2. The van der Waals surface area contributed by atoms with Gasteiger partial charge in [0.25, 0.3) is 0 Å². The van der Waals surface area contributed by atoms with Gasteiger partial charge in [-0.25, -0.2) is 4.79 Å². The largest absolute Gasteiger partial charge is 0.445 e. The van der Waals surface area contributed by atoms with Crippen molar-refractivity contribution >= 4 is 12.0 Å². The third-order valence-electron chi connectivity index (χ3n) is 3.01. The minimum Gasteiger partial charge on any atom is -0.445 e. The number of likely N-dealkylation sites (N-methyl/N-ethyl adjacent to an activating group) is 1. The van der Waals surface area contributed by atoms with Gasteiger partial charge in [-0.05, 0) is 24.8 Å². The number of benzene rings is 1. The van der Waals surface area contributed by atoms with E-state index in [1.54, 1.807) is 7.05 Å². The Kier molecular flexibility index (Phi) is 7.89. The Morgan fingerprint density at radius 3 is 2.62 bits per heavy atom. The Bertz CT molecular complexity index is 437. The third-order valence-corrected chi connectivity index (χ3v) is 3.01. The predicted octanol–water partition coefficient (Wildman–Crippen LogP) is 1.16. The van der Waals surface area contributed by atoms with Gasteiger partial charge < -0.3 is 21.1 Å². The van der Waals surface area contributed by atoms with Crippen molar-refractivity contribution in [1.82, 2.24) is 10.6 Å². The zero-order chi connectivity index (χ0) is 15.5. The molecule has 0 heterocycles. The van der Waals surface area contributed by atoms with Crippen LogP contribution in [0, 0.1) is 0 Å². The van der Waals surface area contributed by atoms with Crippen molar-refractivity contribution in [2.45, 2.75) is 31.9 Å². The number of hydrogen-bond donors (Lipinski definition) is 3. The highest BCUT2D eigenvalue weighted by Gasteiger charge is 2.10. The molecule has 116 valence electrons. The Labute approximate surface area is 125 Å². The Morgan fingerprint density at radius 1 is 1.24 bits per heavy atom. The predicted molar refractivity (Wildman–Crippen MR) is 80.5 cm³/mol. The molecule has 0 aliphatic carbocycles. The molecule has 0 aliphatic rings. The second-order valence-corrected chi connectivity index (χ2v) is 4.71. The zero-order valence-electron chi connectivity index (χ0n) is 12.3. The highest BCUT2D eigenvalue weighted by molar-refractivity contribution is 5.81. The van der Waals surface area contributed by atoms with Crippen LogP contribution in [0.3, 0.4) is 0 Å². The van der Waals surface area contributed by atoms with E-state index in [1.807, 2.05) is 30.3 Å². The summed E-state index contributed by atoms with van der Waals surface area (Å²) in [5, 5.41) is 5.17. The average molecular weight is 293 g/mol. The fraction of sp³-hybridized carbons (Fsp3) is 0.467. The number of amides is 2. The summed E-state index contributed by atoms with van der Waals surface area (Å²) in [4.78, 5) is 22.6. The van der Waals surface area contributed by atoms with Crippen LogP contribution in [0.25, 0.3) is 0 Å². The Morgan fingerprint density at radius 2 is 1.95 bits per heavy atom. The van der Waals surface area contributed by atoms with Crippen molar-refractivity contribution in [3.63, 3.8) is 0 Å². The summed E-state index contributed by atoms with van der Waals surface area (Å²) in [6.45, 7) is 0.766. The number of rotatable bonds is 8. The normalized spacial score (nSPS) is 11.5. The van der Waals surface area contributed by atoms with Gasteiger partial charge in [0.2, 0.25) is 5.91 Å². The van der Waals surface area contributed by atoms with Gasteiger partial charge >= 0.3 is 6.09 Å². The minimum absolute atomic E-state index is 0.162. The van der Waals surface area contributed by atoms with Gasteiger partial charge in [-0.3, -0.25) is 4.79 Å². The van der Waals surface area contributed by atoms with Crippen molar-refractivity contribution in [3.8, 4) is 0 Å². The van der Waals surface area contributed by atoms with Crippen LogP contribution in [-0.2, 0) is 16.1 Å². The van der Waals surface area contributed by atoms with Crippen LogP contribution in [-0.4, -0.2) is 31.6 Å². The fourth-order valence-electron chi connectivity index (χ4n) is 1.77. The molecule has 1 atom stereocenters. The van der Waals surface area contributed by atoms with Crippen molar-refractivity contribution < 1.29 is 14.3 Å². The summed E-state index contributed by atoms with van der Waals surface area (Å²) in [5.74, 6) is -0.162. The van der Waals surface area contributed by atoms with Crippen LogP contribution in [0.4, 0.5) is 4.79 Å². The van der Waals surface area contributed by atoms with Crippen molar-refractivity contribution in [3.05, 3.63) is 35.9 Å². The van der Waals surface area contributed by atoms with Crippen molar-refractivity contribution in [2.75, 3.05) is 13.6 Å². The molecule has 0 spiro atoms. The third kappa shape index (κ3) is 7.31. The molecule has 1 aromatic rings. The maximum absolute atomic E-state index is 11.4. The second kappa shape index (κ2) is 9.77. The number of carbonyl (C=O) groups excluding carboxylic acids is 2. The van der Waals surface area contributed by atoms with E-state index in [4.69, 9.17) is 10.5 Å². The van der Waals surface area contributed by atoms with Gasteiger partial charge in [-0.2, -0.15) is 0 Å². The molecule has 0 saturated heterocycles. The monoisotopic (exact) mass is 293 g/mol. The molecule has 0 unspecified atom stereocenters. The lowest BCUT2D eigenvalue weighted by Gasteiger charge is -2.10. The van der Waals surface area contributed by atoms with Crippen LogP contribution >= 0.6 is 0 Å². The van der Waals surface area contributed by atoms with Gasteiger partial charge in [0, 0.05) is 13.6 Å². The van der Waals surface area contributed by atoms with Crippen molar-refractivity contribution in [2.24, 2.45) is 5.73 Å². The Balaban J connectivity index is 2.05. The molecule has 0 aliphatic heterocycles. The molecular formula is C15H23N3O3. The van der Waals surface area contributed by atoms with Crippen molar-refractivity contribution in [1.29, 1.82) is 0 Å². The van der Waals surface area contributed by atoms with Gasteiger partial charge in [0.1, 0.15) is 6.61 Å². The van der Waals surface area contributed by atoms with E-state index in [0.29, 0.717) is 13.0 Å². The maximum atomic E-state index is 11.4. The molecule has 2 amide bonds. The fourth-order valence-corrected chi connectivity index (χ4v) is 1.77. The first kappa shape index (κ1) is 17.0. The SMILES string of the molecule is CNC(=O)[C@@H](N)CCCCNC(=O)OCc1ccccc1. The lowest BCUT2D eigenvalue weighted by Crippen LogP contribution is -2.38. The number of alkyl carbamates (subject to hydrolysis) is 1. The van der Waals surface area contributed by atoms with Gasteiger partial charge in [0.05, 0.1) is 6.04 Å². The Hall–Kier alpha value is -2.08. The molecular weight excluding hydrogens is 270 g/mol. The second-order valence-electron chi connectivity index (χ2n) is 4.71. The molecule has 0 fully saturated rings. The van der Waals surface area contributed by atoms with Crippen LogP contribution in [0.2, 0.25) is 0 Å². The number of nitrogens with one attached hydrogen (secondary N) is 2. The van der Waals surface area contributed by atoms with Gasteiger partial charge in [0.15, 0.2) is 0 Å². The van der Waals surface area contributed by atoms with Crippen LogP contribution in [0.5, 0.6) is 0 Å². The summed E-state index contributed by atoms with van der Waals surface area (Å²) in [7, 11) is 1.56. The first-order valence-electron chi connectivity index (χ1n) is 7.05. The molecule has 21 heavy (non-hydrogen) atoms. The topological polar surface area (TPSA) is 93.5 Å². The summed E-state index contributed by atoms with van der Waals surface area (Å²) in [6.07, 6.45) is 1.69. The molecule has 6 heteroatoms. The first-order valence-corrected chi connectivity index (χ1v) is 7.05. The van der Waals surface area contributed by atoms with E-state index in [9.17, 15) is 9.59 Å². The quantitative estimate of drug-likeness (QED) is 0.627. The van der Waals surface area contributed by atoms with Gasteiger partial charge in [-0.15, -0.1) is 0 Å².